The highest BCUT2D eigenvalue weighted by atomic mass is 32.2. The maximum atomic E-state index is 13.5. The summed E-state index contributed by atoms with van der Waals surface area (Å²) in [5.74, 6) is 1.20. The topological polar surface area (TPSA) is 77.1 Å². The highest BCUT2D eigenvalue weighted by Gasteiger charge is 2.36. The van der Waals surface area contributed by atoms with Crippen molar-refractivity contribution in [1.82, 2.24) is 4.90 Å². The molecule has 36 heavy (non-hydrogen) atoms. The molecule has 1 atom stereocenters. The molecule has 0 aliphatic carbocycles. The highest BCUT2D eigenvalue weighted by Crippen LogP contribution is 2.39. The van der Waals surface area contributed by atoms with Crippen LogP contribution in [0, 0.1) is 0 Å². The van der Waals surface area contributed by atoms with Gasteiger partial charge in [-0.15, -0.1) is 0 Å². The molecule has 7 nitrogen and oxygen atoms in total. The fourth-order valence-electron chi connectivity index (χ4n) is 3.77. The van der Waals surface area contributed by atoms with Gasteiger partial charge in [-0.1, -0.05) is 0 Å². The number of nitrogens with zero attached hydrogens (tertiary/aromatic N) is 1. The summed E-state index contributed by atoms with van der Waals surface area (Å²) >= 11 is 0. The van der Waals surface area contributed by atoms with Gasteiger partial charge >= 0.3 is 6.18 Å². The number of methoxy groups -OCH3 is 1. The molecule has 3 aromatic rings. The number of likely N-dealkylation sites (tertiary alicyclic amines) is 1. The molecular formula is C25H25F3N2O5S. The van der Waals surface area contributed by atoms with Crippen LogP contribution in [0.3, 0.4) is 0 Å². The van der Waals surface area contributed by atoms with E-state index in [0.717, 1.165) is 18.2 Å². The summed E-state index contributed by atoms with van der Waals surface area (Å²) in [7, 11) is -0.676. The number of halogens is 3. The van der Waals surface area contributed by atoms with Crippen LogP contribution in [0.25, 0.3) is 0 Å². The Kier molecular flexibility index (Phi) is 7.32. The van der Waals surface area contributed by atoms with Crippen LogP contribution in [0.5, 0.6) is 23.0 Å². The number of likely N-dealkylation sites (N-methyl/N-ethyl adjacent to an activating group) is 1. The Morgan fingerprint density at radius 1 is 0.944 bits per heavy atom. The van der Waals surface area contributed by atoms with Crippen LogP contribution in [0.1, 0.15) is 12.0 Å². The summed E-state index contributed by atoms with van der Waals surface area (Å²) in [6.07, 6.45) is -4.48. The van der Waals surface area contributed by atoms with Crippen molar-refractivity contribution in [3.8, 4) is 23.0 Å². The summed E-state index contributed by atoms with van der Waals surface area (Å²) in [6.45, 7) is 1.19. The number of rotatable bonds is 8. The Bertz CT molecular complexity index is 1300. The lowest BCUT2D eigenvalue weighted by Crippen LogP contribution is -2.23. The second-order valence-corrected chi connectivity index (χ2v) is 10.0. The molecule has 0 amide bonds. The van der Waals surface area contributed by atoms with E-state index in [-0.39, 0.29) is 10.6 Å². The molecule has 1 N–H and O–H groups in total. The highest BCUT2D eigenvalue weighted by molar-refractivity contribution is 7.92. The van der Waals surface area contributed by atoms with Gasteiger partial charge in [0.15, 0.2) is 0 Å². The van der Waals surface area contributed by atoms with E-state index in [0.29, 0.717) is 36.8 Å². The Morgan fingerprint density at radius 2 is 1.56 bits per heavy atom. The van der Waals surface area contributed by atoms with Crippen molar-refractivity contribution in [3.63, 3.8) is 0 Å². The summed E-state index contributed by atoms with van der Waals surface area (Å²) < 4.78 is 85.1. The van der Waals surface area contributed by atoms with E-state index in [9.17, 15) is 21.6 Å². The van der Waals surface area contributed by atoms with Gasteiger partial charge in [-0.25, -0.2) is 8.42 Å². The summed E-state index contributed by atoms with van der Waals surface area (Å²) in [5, 5.41) is 0. The number of hydrogen-bond acceptors (Lipinski definition) is 6. The van der Waals surface area contributed by atoms with E-state index >= 15 is 0 Å². The lowest BCUT2D eigenvalue weighted by atomic mass is 10.1. The van der Waals surface area contributed by atoms with E-state index in [1.807, 2.05) is 11.9 Å². The summed E-state index contributed by atoms with van der Waals surface area (Å²) in [5.41, 5.74) is -0.997. The average molecular weight is 523 g/mol. The molecule has 1 aliphatic rings. The van der Waals surface area contributed by atoms with Gasteiger partial charge in [0.1, 0.15) is 29.1 Å². The van der Waals surface area contributed by atoms with Crippen molar-refractivity contribution in [1.29, 1.82) is 0 Å². The van der Waals surface area contributed by atoms with Gasteiger partial charge in [0.2, 0.25) is 0 Å². The zero-order chi connectivity index (χ0) is 25.9. The third kappa shape index (κ3) is 6.21. The van der Waals surface area contributed by atoms with Gasteiger partial charge in [0, 0.05) is 19.2 Å². The minimum atomic E-state index is -4.64. The average Bonchev–Trinajstić information content (AvgIpc) is 3.23. The first-order valence-corrected chi connectivity index (χ1v) is 12.5. The SMILES string of the molecule is COc1ccc(Oc2ccc(S(=O)(=O)Nc3ccc(C(F)(F)F)c(O[C@@H]4CCN(C)C4)c3)cc2)cc1. The molecular weight excluding hydrogens is 497 g/mol. The van der Waals surface area contributed by atoms with Crippen molar-refractivity contribution in [3.05, 3.63) is 72.3 Å². The monoisotopic (exact) mass is 522 g/mol. The van der Waals surface area contributed by atoms with Crippen molar-refractivity contribution in [2.45, 2.75) is 23.6 Å². The number of anilines is 1. The number of alkyl halides is 3. The molecule has 0 unspecified atom stereocenters. The van der Waals surface area contributed by atoms with E-state index in [1.165, 1.54) is 24.3 Å². The minimum absolute atomic E-state index is 0.0390. The van der Waals surface area contributed by atoms with E-state index < -0.39 is 33.6 Å². The molecule has 1 saturated heterocycles. The zero-order valence-electron chi connectivity index (χ0n) is 19.6. The van der Waals surface area contributed by atoms with Crippen LogP contribution in [0.2, 0.25) is 0 Å². The normalized spacial score (nSPS) is 16.5. The predicted molar refractivity (Wildman–Crippen MR) is 128 cm³/mol. The number of hydrogen-bond donors (Lipinski definition) is 1. The molecule has 1 fully saturated rings. The van der Waals surface area contributed by atoms with Crippen molar-refractivity contribution >= 4 is 15.7 Å². The maximum absolute atomic E-state index is 13.5. The quantitative estimate of drug-likeness (QED) is 0.428. The lowest BCUT2D eigenvalue weighted by Gasteiger charge is -2.19. The molecule has 0 spiro atoms. The summed E-state index contributed by atoms with van der Waals surface area (Å²) in [4.78, 5) is 1.87. The largest absolute Gasteiger partial charge is 0.497 e. The van der Waals surface area contributed by atoms with Gasteiger partial charge in [0.25, 0.3) is 10.0 Å². The first-order valence-electron chi connectivity index (χ1n) is 11.0. The molecule has 0 radical (unpaired) electrons. The first kappa shape index (κ1) is 25.6. The van der Waals surface area contributed by atoms with Crippen molar-refractivity contribution < 1.29 is 35.8 Å². The first-order chi connectivity index (χ1) is 17.0. The van der Waals surface area contributed by atoms with Crippen LogP contribution in [0.15, 0.2) is 71.6 Å². The van der Waals surface area contributed by atoms with Crippen LogP contribution < -0.4 is 18.9 Å². The molecule has 0 saturated carbocycles. The van der Waals surface area contributed by atoms with Gasteiger partial charge in [-0.3, -0.25) is 4.72 Å². The third-order valence-corrected chi connectivity index (χ3v) is 7.01. The maximum Gasteiger partial charge on any atom is 0.419 e. The second kappa shape index (κ2) is 10.3. The third-order valence-electron chi connectivity index (χ3n) is 5.61. The lowest BCUT2D eigenvalue weighted by molar-refractivity contribution is -0.139. The predicted octanol–water partition coefficient (Wildman–Crippen LogP) is 5.39. The van der Waals surface area contributed by atoms with Crippen molar-refractivity contribution in [2.24, 2.45) is 0 Å². The molecule has 11 heteroatoms. The number of ether oxygens (including phenoxy) is 3. The fourth-order valence-corrected chi connectivity index (χ4v) is 4.82. The molecule has 0 bridgehead atoms. The molecule has 4 rings (SSSR count). The van der Waals surface area contributed by atoms with Crippen LogP contribution in [-0.2, 0) is 16.2 Å². The number of sulfonamides is 1. The number of benzene rings is 3. The second-order valence-electron chi connectivity index (χ2n) is 8.35. The standard InChI is InChI=1S/C25H25F3N2O5S/c1-30-14-13-21(16-30)35-24-15-17(3-12-23(24)25(26,27)28)29-36(31,32)22-10-8-20(9-11-22)34-19-6-4-18(33-2)5-7-19/h3-12,15,21,29H,13-14,16H2,1-2H3/t21-/m1/s1. The van der Waals surface area contributed by atoms with Crippen molar-refractivity contribution in [2.75, 3.05) is 32.0 Å². The van der Waals surface area contributed by atoms with E-state index in [1.54, 1.807) is 31.4 Å². The molecule has 192 valence electrons. The molecule has 1 aliphatic heterocycles. The number of nitrogens with one attached hydrogen (secondary N) is 1. The Balaban J connectivity index is 1.50. The van der Waals surface area contributed by atoms with Crippen LogP contribution >= 0.6 is 0 Å². The zero-order valence-corrected chi connectivity index (χ0v) is 20.4. The van der Waals surface area contributed by atoms with Gasteiger partial charge in [-0.2, -0.15) is 13.2 Å². The minimum Gasteiger partial charge on any atom is -0.497 e. The van der Waals surface area contributed by atoms with Crippen LogP contribution in [-0.4, -0.2) is 46.7 Å². The fraction of sp³-hybridized carbons (Fsp3) is 0.280. The molecule has 1 heterocycles. The Hall–Kier alpha value is -3.44. The molecule has 3 aromatic carbocycles. The summed E-state index contributed by atoms with van der Waals surface area (Å²) in [6, 6.07) is 15.5. The van der Waals surface area contributed by atoms with E-state index in [4.69, 9.17) is 14.2 Å². The van der Waals surface area contributed by atoms with Gasteiger partial charge < -0.3 is 19.1 Å². The smallest absolute Gasteiger partial charge is 0.419 e. The van der Waals surface area contributed by atoms with E-state index in [2.05, 4.69) is 4.72 Å². The van der Waals surface area contributed by atoms with Gasteiger partial charge in [0.05, 0.1) is 23.3 Å². The Labute approximate surface area is 207 Å². The Morgan fingerprint density at radius 3 is 2.11 bits per heavy atom. The van der Waals surface area contributed by atoms with Gasteiger partial charge in [-0.05, 0) is 74.1 Å². The molecule has 0 aromatic heterocycles. The van der Waals surface area contributed by atoms with Crippen LogP contribution in [0.4, 0.5) is 18.9 Å².